The fourth-order valence-corrected chi connectivity index (χ4v) is 11.0. The molecular formula is C17H29ISi. The summed E-state index contributed by atoms with van der Waals surface area (Å²) in [6, 6.07) is 12.4. The first-order valence-electron chi connectivity index (χ1n) is 7.35. The Morgan fingerprint density at radius 3 is 1.89 bits per heavy atom. The first-order valence-corrected chi connectivity index (χ1v) is 12.7. The summed E-state index contributed by atoms with van der Waals surface area (Å²) in [6.45, 7) is 17.1. The van der Waals surface area contributed by atoms with E-state index in [-0.39, 0.29) is 5.04 Å². The Hall–Kier alpha value is 0.167. The van der Waals surface area contributed by atoms with E-state index < -0.39 is 5.57 Å². The molecule has 0 spiro atoms. The van der Waals surface area contributed by atoms with E-state index in [2.05, 4.69) is 101 Å². The maximum absolute atomic E-state index is 2.88. The largest absolute Gasteiger partial charge is 0.141 e. The van der Waals surface area contributed by atoms with Gasteiger partial charge in [0.25, 0.3) is 0 Å². The highest BCUT2D eigenvalue weighted by Gasteiger charge is 2.55. The number of halogens is 1. The lowest BCUT2D eigenvalue weighted by atomic mass is 9.98. The van der Waals surface area contributed by atoms with E-state index in [1.54, 1.807) is 0 Å². The molecule has 1 atom stereocenters. The fourth-order valence-electron chi connectivity index (χ4n) is 3.24. The monoisotopic (exact) mass is 388 g/mol. The van der Waals surface area contributed by atoms with E-state index >= 15 is 0 Å². The summed E-state index contributed by atoms with van der Waals surface area (Å²) in [4.78, 5) is 0. The Balaban J connectivity index is 3.36. The van der Waals surface area contributed by atoms with Gasteiger partial charge in [0.2, 0.25) is 0 Å². The zero-order valence-corrected chi connectivity index (χ0v) is 16.7. The molecule has 1 rings (SSSR count). The molecule has 0 heterocycles. The minimum absolute atomic E-state index is 0.289. The topological polar surface area (TPSA) is 0 Å². The fraction of sp³-hybridized carbons (Fsp3) is 0.647. The lowest BCUT2D eigenvalue weighted by Crippen LogP contribution is -2.56. The van der Waals surface area contributed by atoms with Gasteiger partial charge in [-0.25, -0.2) is 0 Å². The van der Waals surface area contributed by atoms with Crippen molar-refractivity contribution >= 4 is 27.4 Å². The summed E-state index contributed by atoms with van der Waals surface area (Å²) in [6.07, 6.45) is 0. The van der Waals surface area contributed by atoms with E-state index in [9.17, 15) is 0 Å². The van der Waals surface area contributed by atoms with Crippen molar-refractivity contribution in [3.63, 3.8) is 0 Å². The van der Waals surface area contributed by atoms with Gasteiger partial charge in [0.15, 0.2) is 0 Å². The van der Waals surface area contributed by atoms with Crippen LogP contribution >= 0.6 is 21.8 Å². The molecule has 1 aromatic rings. The Bertz CT molecular complexity index is 409. The maximum Gasteiger partial charge on any atom is 0.141 e. The van der Waals surface area contributed by atoms with Crippen LogP contribution < -0.4 is 0 Å². The second-order valence-corrected chi connectivity index (χ2v) is 17.4. The van der Waals surface area contributed by atoms with Crippen LogP contribution in [0.25, 0.3) is 0 Å². The average molecular weight is 388 g/mol. The molecule has 19 heavy (non-hydrogen) atoms. The molecule has 0 aliphatic rings. The minimum atomic E-state index is -1.51. The van der Waals surface area contributed by atoms with Crippen LogP contribution in [-0.4, -0.2) is 5.57 Å². The predicted octanol–water partition coefficient (Wildman–Crippen LogP) is 6.34. The van der Waals surface area contributed by atoms with Crippen LogP contribution in [0, 0.1) is 5.92 Å². The molecule has 0 saturated heterocycles. The molecule has 0 radical (unpaired) electrons. The molecule has 0 aliphatic carbocycles. The van der Waals surface area contributed by atoms with Gasteiger partial charge in [0.05, 0.1) is 0 Å². The minimum Gasteiger partial charge on any atom is -0.117 e. The Kier molecular flexibility index (Phi) is 5.33. The summed E-state index contributed by atoms with van der Waals surface area (Å²) < 4.78 is 0. The molecule has 0 saturated carbocycles. The molecule has 0 amide bonds. The van der Waals surface area contributed by atoms with Gasteiger partial charge in [-0.05, 0) is 21.6 Å². The summed E-state index contributed by atoms with van der Waals surface area (Å²) >= 11 is 2.88. The quantitative estimate of drug-likeness (QED) is 0.314. The van der Waals surface area contributed by atoms with Crippen LogP contribution in [0.5, 0.6) is 0 Å². The van der Waals surface area contributed by atoms with E-state index in [1.165, 1.54) is 11.6 Å². The molecule has 0 fully saturated rings. The van der Waals surface area contributed by atoms with Crippen molar-refractivity contribution in [1.29, 1.82) is 0 Å². The van der Waals surface area contributed by atoms with Gasteiger partial charge in [-0.1, -0.05) is 84.8 Å². The van der Waals surface area contributed by atoms with Crippen molar-refractivity contribution in [2.75, 3.05) is 0 Å². The zero-order chi connectivity index (χ0) is 14.9. The highest BCUT2D eigenvalue weighted by atomic mass is 127. The molecular weight excluding hydrogens is 359 g/mol. The molecule has 1 aromatic carbocycles. The summed E-state index contributed by atoms with van der Waals surface area (Å²) in [5, 5.41) is 0.707. The first kappa shape index (κ1) is 17.2. The normalized spacial score (nSPS) is 16.5. The van der Waals surface area contributed by atoms with Gasteiger partial charge in [0, 0.05) is 0 Å². The molecule has 0 N–H and O–H groups in total. The van der Waals surface area contributed by atoms with Crippen molar-refractivity contribution in [3.8, 4) is 0 Å². The smallest absolute Gasteiger partial charge is 0.117 e. The summed E-state index contributed by atoms with van der Waals surface area (Å²) in [5.74, 6) is 0.721. The molecule has 108 valence electrons. The Morgan fingerprint density at radius 1 is 1.05 bits per heavy atom. The molecule has 0 bridgehead atoms. The van der Waals surface area contributed by atoms with Gasteiger partial charge in [-0.2, -0.15) is 0 Å². The van der Waals surface area contributed by atoms with Crippen molar-refractivity contribution in [3.05, 3.63) is 35.9 Å². The summed E-state index contributed by atoms with van der Waals surface area (Å²) in [7, 11) is 0. The predicted molar refractivity (Wildman–Crippen MR) is 98.6 cm³/mol. The zero-order valence-electron chi connectivity index (χ0n) is 13.5. The number of benzene rings is 1. The average Bonchev–Trinajstić information content (AvgIpc) is 2.38. The molecule has 1 unspecified atom stereocenters. The molecule has 0 nitrogen and oxygen atoms in total. The number of hydrogen-bond acceptors (Lipinski definition) is 0. The Labute approximate surface area is 133 Å². The highest BCUT2D eigenvalue weighted by Crippen LogP contribution is 2.58. The van der Waals surface area contributed by atoms with Gasteiger partial charge < -0.3 is 0 Å². The Morgan fingerprint density at radius 2 is 1.53 bits per heavy atom. The van der Waals surface area contributed by atoms with Crippen molar-refractivity contribution in [1.82, 2.24) is 0 Å². The highest BCUT2D eigenvalue weighted by molar-refractivity contribution is 14.1. The van der Waals surface area contributed by atoms with Gasteiger partial charge in [-0.15, -0.1) is 21.8 Å². The van der Waals surface area contributed by atoms with E-state index in [0.29, 0.717) is 5.04 Å². The van der Waals surface area contributed by atoms with E-state index in [1.807, 2.05) is 0 Å². The third-order valence-corrected chi connectivity index (χ3v) is 21.8. The van der Waals surface area contributed by atoms with E-state index in [4.69, 9.17) is 0 Å². The van der Waals surface area contributed by atoms with Crippen LogP contribution in [0.15, 0.2) is 30.3 Å². The van der Waals surface area contributed by atoms with Crippen LogP contribution in [0.1, 0.15) is 54.0 Å². The SMILES string of the molecule is CC[Si](I)(C(C)(C)c1ccccc1)C(C)(C)C(C)C. The second-order valence-electron chi connectivity index (χ2n) is 7.02. The third-order valence-electron chi connectivity index (χ3n) is 5.44. The van der Waals surface area contributed by atoms with Crippen LogP contribution in [-0.2, 0) is 5.04 Å². The van der Waals surface area contributed by atoms with Crippen molar-refractivity contribution < 1.29 is 0 Å². The van der Waals surface area contributed by atoms with Crippen molar-refractivity contribution in [2.45, 2.75) is 64.6 Å². The first-order chi connectivity index (χ1) is 8.61. The van der Waals surface area contributed by atoms with Crippen molar-refractivity contribution in [2.24, 2.45) is 5.92 Å². The number of rotatable bonds is 5. The molecule has 0 aliphatic heterocycles. The van der Waals surface area contributed by atoms with Gasteiger partial charge in [-0.3, -0.25) is 0 Å². The van der Waals surface area contributed by atoms with Crippen LogP contribution in [0.3, 0.4) is 0 Å². The molecule has 0 aromatic heterocycles. The van der Waals surface area contributed by atoms with Gasteiger partial charge >= 0.3 is 0 Å². The maximum atomic E-state index is 2.88. The standard InChI is InChI=1S/C17H29ISi/c1-8-19(18,16(4,5)14(2)3)17(6,7)15-12-10-9-11-13-15/h9-14H,8H2,1-7H3. The number of hydrogen-bond donors (Lipinski definition) is 0. The lowest BCUT2D eigenvalue weighted by Gasteiger charge is -2.53. The van der Waals surface area contributed by atoms with Crippen LogP contribution in [0.2, 0.25) is 11.1 Å². The third kappa shape index (κ3) is 2.80. The summed E-state index contributed by atoms with van der Waals surface area (Å²) in [5.41, 5.74) is -0.00638. The van der Waals surface area contributed by atoms with E-state index in [0.717, 1.165) is 5.92 Å². The lowest BCUT2D eigenvalue weighted by molar-refractivity contribution is 0.445. The van der Waals surface area contributed by atoms with Gasteiger partial charge in [0.1, 0.15) is 5.57 Å². The van der Waals surface area contributed by atoms with Crippen LogP contribution in [0.4, 0.5) is 0 Å². The molecule has 2 heteroatoms. The second kappa shape index (κ2) is 5.88.